The van der Waals surface area contributed by atoms with Crippen molar-refractivity contribution in [1.82, 2.24) is 4.90 Å². The van der Waals surface area contributed by atoms with E-state index in [2.05, 4.69) is 15.9 Å². The standard InChI is InChI=1S/C11H10BrNO3/c12-8-3-1-7(2-4-8)5-9-10(14)6-13(9)11(15)16/h1-4,9H,5-6H2,(H,15,16)/t9-/m0/s1. The van der Waals surface area contributed by atoms with Gasteiger partial charge in [-0.1, -0.05) is 28.1 Å². The highest BCUT2D eigenvalue weighted by molar-refractivity contribution is 9.10. The Balaban J connectivity index is 2.06. The molecule has 1 saturated heterocycles. The smallest absolute Gasteiger partial charge is 0.408 e. The molecular weight excluding hydrogens is 274 g/mol. The molecule has 1 aromatic rings. The van der Waals surface area contributed by atoms with Crippen LogP contribution in [0, 0.1) is 0 Å². The Morgan fingerprint density at radius 2 is 2.06 bits per heavy atom. The molecule has 0 aromatic heterocycles. The number of amides is 1. The molecule has 5 heteroatoms. The van der Waals surface area contributed by atoms with Crippen molar-refractivity contribution < 1.29 is 14.7 Å². The molecule has 4 nitrogen and oxygen atoms in total. The van der Waals surface area contributed by atoms with Crippen molar-refractivity contribution in [3.05, 3.63) is 34.3 Å². The van der Waals surface area contributed by atoms with Crippen molar-refractivity contribution in [3.63, 3.8) is 0 Å². The Kier molecular flexibility index (Phi) is 2.96. The zero-order valence-electron chi connectivity index (χ0n) is 8.39. The van der Waals surface area contributed by atoms with Crippen molar-refractivity contribution >= 4 is 27.8 Å². The molecule has 0 saturated carbocycles. The van der Waals surface area contributed by atoms with E-state index in [0.29, 0.717) is 6.42 Å². The maximum atomic E-state index is 11.3. The maximum Gasteiger partial charge on any atom is 0.408 e. The first-order chi connectivity index (χ1) is 7.58. The summed E-state index contributed by atoms with van der Waals surface area (Å²) in [5.74, 6) is -0.00896. The molecule has 0 bridgehead atoms. The summed E-state index contributed by atoms with van der Waals surface area (Å²) in [6.45, 7) is 0.0243. The van der Waals surface area contributed by atoms with Crippen molar-refractivity contribution in [2.45, 2.75) is 12.5 Å². The summed E-state index contributed by atoms with van der Waals surface area (Å²) in [6, 6.07) is 7.03. The molecule has 1 fully saturated rings. The number of rotatable bonds is 2. The van der Waals surface area contributed by atoms with E-state index < -0.39 is 12.1 Å². The molecule has 84 valence electrons. The molecule has 1 aliphatic heterocycles. The molecule has 1 N–H and O–H groups in total. The summed E-state index contributed by atoms with van der Waals surface area (Å²) in [4.78, 5) is 23.2. The van der Waals surface area contributed by atoms with Crippen LogP contribution in [0.4, 0.5) is 4.79 Å². The zero-order valence-corrected chi connectivity index (χ0v) is 9.98. The number of carbonyl (C=O) groups excluding carboxylic acids is 1. The average Bonchev–Trinajstić information content (AvgIpc) is 2.24. The van der Waals surface area contributed by atoms with Crippen LogP contribution in [0.2, 0.25) is 0 Å². The quantitative estimate of drug-likeness (QED) is 0.902. The predicted octanol–water partition coefficient (Wildman–Crippen LogP) is 1.92. The number of ketones is 1. The molecule has 1 amide bonds. The monoisotopic (exact) mass is 283 g/mol. The summed E-state index contributed by atoms with van der Waals surface area (Å²) < 4.78 is 0.964. The fraction of sp³-hybridized carbons (Fsp3) is 0.273. The summed E-state index contributed by atoms with van der Waals surface area (Å²) in [5.41, 5.74) is 0.965. The minimum Gasteiger partial charge on any atom is -0.465 e. The van der Waals surface area contributed by atoms with Gasteiger partial charge in [0, 0.05) is 10.9 Å². The minimum absolute atomic E-state index is 0.00896. The van der Waals surface area contributed by atoms with Crippen LogP contribution < -0.4 is 0 Å². The van der Waals surface area contributed by atoms with Gasteiger partial charge in [0.2, 0.25) is 0 Å². The summed E-state index contributed by atoms with van der Waals surface area (Å²) in [7, 11) is 0. The SMILES string of the molecule is O=C1CN(C(=O)O)[C@H]1Cc1ccc(Br)cc1. The maximum absolute atomic E-state index is 11.3. The van der Waals surface area contributed by atoms with E-state index in [1.807, 2.05) is 24.3 Å². The van der Waals surface area contributed by atoms with Crippen molar-refractivity contribution in [1.29, 1.82) is 0 Å². The minimum atomic E-state index is -1.03. The van der Waals surface area contributed by atoms with Crippen LogP contribution in [0.5, 0.6) is 0 Å². The highest BCUT2D eigenvalue weighted by Gasteiger charge is 2.40. The lowest BCUT2D eigenvalue weighted by Crippen LogP contribution is -2.59. The topological polar surface area (TPSA) is 57.6 Å². The lowest BCUT2D eigenvalue weighted by molar-refractivity contribution is -0.133. The van der Waals surface area contributed by atoms with Crippen LogP contribution in [-0.4, -0.2) is 34.5 Å². The number of halogens is 1. The lowest BCUT2D eigenvalue weighted by Gasteiger charge is -2.36. The van der Waals surface area contributed by atoms with Gasteiger partial charge in [-0.15, -0.1) is 0 Å². The van der Waals surface area contributed by atoms with Crippen LogP contribution in [0.1, 0.15) is 5.56 Å². The fourth-order valence-electron chi connectivity index (χ4n) is 1.71. The van der Waals surface area contributed by atoms with Crippen LogP contribution in [0.15, 0.2) is 28.7 Å². The average molecular weight is 284 g/mol. The second kappa shape index (κ2) is 4.25. The molecule has 1 aliphatic rings. The number of Topliss-reactive ketones (excluding diaryl/α,β-unsaturated/α-hetero) is 1. The lowest BCUT2D eigenvalue weighted by atomic mass is 9.94. The van der Waals surface area contributed by atoms with Crippen molar-refractivity contribution in [2.24, 2.45) is 0 Å². The first-order valence-electron chi connectivity index (χ1n) is 4.84. The van der Waals surface area contributed by atoms with Gasteiger partial charge < -0.3 is 5.11 Å². The Morgan fingerprint density at radius 1 is 1.44 bits per heavy atom. The van der Waals surface area contributed by atoms with Crippen LogP contribution >= 0.6 is 15.9 Å². The third-order valence-corrected chi connectivity index (χ3v) is 3.19. The molecule has 0 spiro atoms. The number of carbonyl (C=O) groups is 2. The fourth-order valence-corrected chi connectivity index (χ4v) is 1.98. The first kappa shape index (κ1) is 11.1. The van der Waals surface area contributed by atoms with E-state index in [1.54, 1.807) is 0 Å². The van der Waals surface area contributed by atoms with E-state index >= 15 is 0 Å². The van der Waals surface area contributed by atoms with Gasteiger partial charge in [0.1, 0.15) is 6.04 Å². The second-order valence-electron chi connectivity index (χ2n) is 3.72. The largest absolute Gasteiger partial charge is 0.465 e. The van der Waals surface area contributed by atoms with Gasteiger partial charge in [-0.2, -0.15) is 0 Å². The number of carboxylic acid groups (broad SMARTS) is 1. The number of hydrogen-bond donors (Lipinski definition) is 1. The van der Waals surface area contributed by atoms with E-state index in [0.717, 1.165) is 10.0 Å². The van der Waals surface area contributed by atoms with E-state index in [1.165, 1.54) is 4.90 Å². The van der Waals surface area contributed by atoms with Gasteiger partial charge in [-0.25, -0.2) is 4.79 Å². The number of hydrogen-bond acceptors (Lipinski definition) is 2. The van der Waals surface area contributed by atoms with Gasteiger partial charge in [0.05, 0.1) is 6.54 Å². The molecule has 16 heavy (non-hydrogen) atoms. The third kappa shape index (κ3) is 2.09. The highest BCUT2D eigenvalue weighted by Crippen LogP contribution is 2.19. The first-order valence-corrected chi connectivity index (χ1v) is 5.64. The van der Waals surface area contributed by atoms with Crippen molar-refractivity contribution in [3.8, 4) is 0 Å². The van der Waals surface area contributed by atoms with Gasteiger partial charge in [-0.05, 0) is 17.7 Å². The predicted molar refractivity (Wildman–Crippen MR) is 61.4 cm³/mol. The Bertz CT molecular complexity index is 429. The van der Waals surface area contributed by atoms with Gasteiger partial charge in [-0.3, -0.25) is 9.69 Å². The van der Waals surface area contributed by atoms with Gasteiger partial charge >= 0.3 is 6.09 Å². The molecular formula is C11H10BrNO3. The Labute approximate surface area is 101 Å². The molecule has 0 unspecified atom stereocenters. The van der Waals surface area contributed by atoms with E-state index in [4.69, 9.17) is 5.11 Å². The zero-order chi connectivity index (χ0) is 11.7. The summed E-state index contributed by atoms with van der Waals surface area (Å²) >= 11 is 3.32. The van der Waals surface area contributed by atoms with E-state index in [9.17, 15) is 9.59 Å². The molecule has 2 rings (SSSR count). The van der Waals surface area contributed by atoms with Crippen molar-refractivity contribution in [2.75, 3.05) is 6.54 Å². The molecule has 1 aromatic carbocycles. The molecule has 0 aliphatic carbocycles. The molecule has 1 atom stereocenters. The molecule has 1 heterocycles. The third-order valence-electron chi connectivity index (χ3n) is 2.66. The number of nitrogens with zero attached hydrogens (tertiary/aromatic N) is 1. The highest BCUT2D eigenvalue weighted by atomic mass is 79.9. The molecule has 0 radical (unpaired) electrons. The summed E-state index contributed by atoms with van der Waals surface area (Å²) in [5, 5.41) is 8.81. The second-order valence-corrected chi connectivity index (χ2v) is 4.64. The number of benzene rings is 1. The van der Waals surface area contributed by atoms with Crippen LogP contribution in [0.3, 0.4) is 0 Å². The number of likely N-dealkylation sites (tertiary alicyclic amines) is 1. The van der Waals surface area contributed by atoms with Gasteiger partial charge in [0.25, 0.3) is 0 Å². The van der Waals surface area contributed by atoms with Gasteiger partial charge in [0.15, 0.2) is 5.78 Å². The normalized spacial score (nSPS) is 19.4. The summed E-state index contributed by atoms with van der Waals surface area (Å²) in [6.07, 6.45) is -0.569. The van der Waals surface area contributed by atoms with E-state index in [-0.39, 0.29) is 12.3 Å². The van der Waals surface area contributed by atoms with Crippen LogP contribution in [-0.2, 0) is 11.2 Å². The van der Waals surface area contributed by atoms with Crippen LogP contribution in [0.25, 0.3) is 0 Å². The Hall–Kier alpha value is -1.36. The Morgan fingerprint density at radius 3 is 2.56 bits per heavy atom.